The van der Waals surface area contributed by atoms with E-state index in [1.165, 1.54) is 24.3 Å². The van der Waals surface area contributed by atoms with E-state index < -0.39 is 11.7 Å². The molecule has 1 amide bonds. The smallest absolute Gasteiger partial charge is 0.255 e. The zero-order valence-corrected chi connectivity index (χ0v) is 18.1. The quantitative estimate of drug-likeness (QED) is 0.535. The van der Waals surface area contributed by atoms with Crippen molar-refractivity contribution in [3.63, 3.8) is 0 Å². The van der Waals surface area contributed by atoms with Crippen molar-refractivity contribution >= 4 is 11.6 Å². The van der Waals surface area contributed by atoms with Gasteiger partial charge < -0.3 is 20.5 Å². The first-order chi connectivity index (χ1) is 15.3. The third-order valence-corrected chi connectivity index (χ3v) is 5.75. The number of amides is 1. The van der Waals surface area contributed by atoms with Gasteiger partial charge in [0.2, 0.25) is 0 Å². The van der Waals surface area contributed by atoms with Crippen LogP contribution in [0.4, 0.5) is 10.1 Å². The van der Waals surface area contributed by atoms with Crippen LogP contribution < -0.4 is 15.4 Å². The number of nitrogens with one attached hydrogen (secondary N) is 2. The van der Waals surface area contributed by atoms with E-state index in [9.17, 15) is 14.3 Å². The lowest BCUT2D eigenvalue weighted by Crippen LogP contribution is -2.52. The molecule has 0 fully saturated rings. The van der Waals surface area contributed by atoms with Gasteiger partial charge in [0.15, 0.2) is 0 Å². The van der Waals surface area contributed by atoms with Crippen molar-refractivity contribution in [1.82, 2.24) is 5.32 Å². The Balaban J connectivity index is 1.35. The minimum absolute atomic E-state index is 0.218. The molecule has 0 aromatic heterocycles. The van der Waals surface area contributed by atoms with Crippen LogP contribution in [0.1, 0.15) is 41.4 Å². The van der Waals surface area contributed by atoms with Gasteiger partial charge in [0.05, 0.1) is 6.04 Å². The fourth-order valence-corrected chi connectivity index (χ4v) is 3.90. The molecule has 6 heteroatoms. The number of rotatable bonds is 6. The number of aliphatic hydroxyl groups excluding tert-OH is 1. The highest BCUT2D eigenvalue weighted by Crippen LogP contribution is 2.39. The van der Waals surface area contributed by atoms with Crippen LogP contribution in [0.5, 0.6) is 5.75 Å². The monoisotopic (exact) mass is 434 g/mol. The molecule has 5 nitrogen and oxygen atoms in total. The molecule has 0 saturated heterocycles. The van der Waals surface area contributed by atoms with E-state index in [1.807, 2.05) is 62.4 Å². The zero-order chi connectivity index (χ0) is 22.7. The Hall–Kier alpha value is -3.22. The van der Waals surface area contributed by atoms with Crippen LogP contribution in [-0.4, -0.2) is 29.3 Å². The largest absolute Gasteiger partial charge is 0.485 e. The zero-order valence-electron chi connectivity index (χ0n) is 18.1. The number of halogens is 1. The molecule has 0 bridgehead atoms. The number of benzene rings is 3. The summed E-state index contributed by atoms with van der Waals surface area (Å²) in [6, 6.07) is 20.6. The van der Waals surface area contributed by atoms with E-state index in [0.29, 0.717) is 17.8 Å². The number of ether oxygens (including phenoxy) is 1. The van der Waals surface area contributed by atoms with Gasteiger partial charge in [-0.25, -0.2) is 4.39 Å². The van der Waals surface area contributed by atoms with Crippen molar-refractivity contribution in [2.24, 2.45) is 0 Å². The van der Waals surface area contributed by atoms with Crippen LogP contribution in [-0.2, 0) is 6.42 Å². The molecule has 2 unspecified atom stereocenters. The summed E-state index contributed by atoms with van der Waals surface area (Å²) < 4.78 is 19.0. The van der Waals surface area contributed by atoms with Crippen LogP contribution in [0.2, 0.25) is 0 Å². The number of aliphatic hydroxyl groups is 1. The maximum Gasteiger partial charge on any atom is 0.255 e. The van der Waals surface area contributed by atoms with Gasteiger partial charge in [-0.3, -0.25) is 4.79 Å². The van der Waals surface area contributed by atoms with E-state index in [1.54, 1.807) is 0 Å². The van der Waals surface area contributed by atoms with Gasteiger partial charge in [-0.1, -0.05) is 30.3 Å². The second-order valence-corrected chi connectivity index (χ2v) is 8.53. The van der Waals surface area contributed by atoms with Gasteiger partial charge >= 0.3 is 0 Å². The van der Waals surface area contributed by atoms with Crippen molar-refractivity contribution in [2.75, 3.05) is 11.9 Å². The number of para-hydroxylation sites is 1. The number of hydrogen-bond donors (Lipinski definition) is 3. The molecular weight excluding hydrogens is 407 g/mol. The summed E-state index contributed by atoms with van der Waals surface area (Å²) >= 11 is 0. The Morgan fingerprint density at radius 1 is 1.03 bits per heavy atom. The average Bonchev–Trinajstić information content (AvgIpc) is 2.77. The number of fused-ring (bicyclic) bond motifs is 1. The van der Waals surface area contributed by atoms with Crippen LogP contribution in [0, 0.1) is 5.82 Å². The Bertz CT molecular complexity index is 1080. The second kappa shape index (κ2) is 9.10. The van der Waals surface area contributed by atoms with Crippen LogP contribution in [0.25, 0.3) is 0 Å². The number of anilines is 1. The Labute approximate surface area is 187 Å². The molecule has 1 aliphatic rings. The highest BCUT2D eigenvalue weighted by molar-refractivity contribution is 6.04. The normalized spacial score (nSPS) is 19.0. The van der Waals surface area contributed by atoms with Crippen LogP contribution in [0.15, 0.2) is 72.8 Å². The van der Waals surface area contributed by atoms with Crippen molar-refractivity contribution in [2.45, 2.75) is 38.0 Å². The maximum atomic E-state index is 13.0. The lowest BCUT2D eigenvalue weighted by Gasteiger charge is -2.42. The fraction of sp³-hybridized carbons (Fsp3) is 0.269. The molecule has 0 radical (unpaired) electrons. The highest BCUT2D eigenvalue weighted by Gasteiger charge is 2.42. The van der Waals surface area contributed by atoms with Gasteiger partial charge in [0.1, 0.15) is 23.3 Å². The maximum absolute atomic E-state index is 13.0. The van der Waals surface area contributed by atoms with E-state index in [4.69, 9.17) is 4.74 Å². The SMILES string of the molecule is CC1(C)Oc2ccccc2C(NCCc2ccc(NC(=O)c3ccc(F)cc3)cc2)C1O. The molecule has 0 aliphatic carbocycles. The predicted molar refractivity (Wildman–Crippen MR) is 122 cm³/mol. The molecule has 0 spiro atoms. The Morgan fingerprint density at radius 2 is 1.72 bits per heavy atom. The molecule has 0 saturated carbocycles. The molecule has 32 heavy (non-hydrogen) atoms. The first-order valence-electron chi connectivity index (χ1n) is 10.7. The Kier molecular flexibility index (Phi) is 6.26. The average molecular weight is 435 g/mol. The first kappa shape index (κ1) is 22.0. The Morgan fingerprint density at radius 3 is 2.44 bits per heavy atom. The summed E-state index contributed by atoms with van der Waals surface area (Å²) in [4.78, 5) is 12.3. The van der Waals surface area contributed by atoms with Crippen LogP contribution >= 0.6 is 0 Å². The van der Waals surface area contributed by atoms with E-state index in [-0.39, 0.29) is 17.8 Å². The summed E-state index contributed by atoms with van der Waals surface area (Å²) in [6.07, 6.45) is 0.0835. The van der Waals surface area contributed by atoms with E-state index in [2.05, 4.69) is 10.6 Å². The minimum Gasteiger partial charge on any atom is -0.485 e. The van der Waals surface area contributed by atoms with Crippen molar-refractivity contribution in [3.05, 3.63) is 95.3 Å². The summed E-state index contributed by atoms with van der Waals surface area (Å²) in [5.74, 6) is 0.135. The predicted octanol–water partition coefficient (Wildman–Crippen LogP) is 4.48. The third-order valence-electron chi connectivity index (χ3n) is 5.75. The molecular formula is C26H27FN2O3. The molecule has 3 aromatic rings. The van der Waals surface area contributed by atoms with Gasteiger partial charge in [-0.05, 0) is 74.8 Å². The summed E-state index contributed by atoms with van der Waals surface area (Å²) in [7, 11) is 0. The molecule has 166 valence electrons. The van der Waals surface area contributed by atoms with Gasteiger partial charge in [-0.15, -0.1) is 0 Å². The third kappa shape index (κ3) is 4.82. The lowest BCUT2D eigenvalue weighted by molar-refractivity contribution is -0.0643. The van der Waals surface area contributed by atoms with E-state index >= 15 is 0 Å². The van der Waals surface area contributed by atoms with Crippen molar-refractivity contribution < 1.29 is 19.0 Å². The molecule has 3 N–H and O–H groups in total. The van der Waals surface area contributed by atoms with Crippen molar-refractivity contribution in [3.8, 4) is 5.75 Å². The molecule has 2 atom stereocenters. The summed E-state index contributed by atoms with van der Waals surface area (Å²) in [5, 5.41) is 17.1. The van der Waals surface area contributed by atoms with Gasteiger partial charge in [0, 0.05) is 16.8 Å². The minimum atomic E-state index is -0.684. The van der Waals surface area contributed by atoms with Crippen molar-refractivity contribution in [1.29, 1.82) is 0 Å². The number of carbonyl (C=O) groups is 1. The molecule has 4 rings (SSSR count). The standard InChI is InChI=1S/C26H27FN2O3/c1-26(2)24(30)23(21-5-3-4-6-22(21)32-26)28-16-15-17-7-13-20(14-8-17)29-25(31)18-9-11-19(27)12-10-18/h3-14,23-24,28,30H,15-16H2,1-2H3,(H,29,31). The molecule has 3 aromatic carbocycles. The van der Waals surface area contributed by atoms with Gasteiger partial charge in [-0.2, -0.15) is 0 Å². The molecule has 1 aliphatic heterocycles. The molecule has 1 heterocycles. The number of hydrogen-bond acceptors (Lipinski definition) is 4. The first-order valence-corrected chi connectivity index (χ1v) is 10.7. The number of carbonyl (C=O) groups excluding carboxylic acids is 1. The summed E-state index contributed by atoms with van der Waals surface area (Å²) in [5.41, 5.74) is 2.45. The topological polar surface area (TPSA) is 70.6 Å². The van der Waals surface area contributed by atoms with Gasteiger partial charge in [0.25, 0.3) is 5.91 Å². The second-order valence-electron chi connectivity index (χ2n) is 8.53. The highest BCUT2D eigenvalue weighted by atomic mass is 19.1. The summed E-state index contributed by atoms with van der Waals surface area (Å²) in [6.45, 7) is 4.45. The van der Waals surface area contributed by atoms with E-state index in [0.717, 1.165) is 23.3 Å². The van der Waals surface area contributed by atoms with Crippen LogP contribution in [0.3, 0.4) is 0 Å². The fourth-order valence-electron chi connectivity index (χ4n) is 3.90. The lowest BCUT2D eigenvalue weighted by atomic mass is 9.86.